The number of carboxylic acid groups (broad SMARTS) is 1. The molecule has 0 aliphatic heterocycles. The lowest BCUT2D eigenvalue weighted by Crippen LogP contribution is -2.35. The largest absolute Gasteiger partial charge is 0.480 e. The molecule has 0 bridgehead atoms. The Morgan fingerprint density at radius 2 is 1.83 bits per heavy atom. The van der Waals surface area contributed by atoms with Crippen molar-refractivity contribution >= 4 is 27.4 Å². The van der Waals surface area contributed by atoms with Gasteiger partial charge in [0.15, 0.2) is 9.84 Å². The second kappa shape index (κ2) is 5.63. The van der Waals surface area contributed by atoms with Crippen LogP contribution in [0.4, 0.5) is 5.69 Å². The van der Waals surface area contributed by atoms with Gasteiger partial charge in [-0.2, -0.15) is 0 Å². The summed E-state index contributed by atoms with van der Waals surface area (Å²) in [5.74, 6) is -3.28. The minimum absolute atomic E-state index is 0.458. The number of nitrogens with one attached hydrogen (secondary N) is 1. The molecule has 0 heterocycles. The van der Waals surface area contributed by atoms with Gasteiger partial charge in [-0.05, 0) is 19.1 Å². The molecule has 0 fully saturated rings. The average Bonchev–Trinajstić information content (AvgIpc) is 2.27. The minimum atomic E-state index is -3.99. The fourth-order valence-corrected chi connectivity index (χ4v) is 2.20. The van der Waals surface area contributed by atoms with Crippen molar-refractivity contribution in [2.45, 2.75) is 12.2 Å². The Morgan fingerprint density at radius 3 is 2.33 bits per heavy atom. The fraction of sp³-hybridized carbons (Fsp3) is 0.273. The zero-order chi connectivity index (χ0) is 13.8. The number of sulfone groups is 1. The minimum Gasteiger partial charge on any atom is -0.480 e. The number of carbonyl (C=O) groups excluding carboxylic acids is 1. The van der Waals surface area contributed by atoms with Crippen LogP contribution in [0.5, 0.6) is 0 Å². The van der Waals surface area contributed by atoms with Crippen molar-refractivity contribution in [2.75, 3.05) is 11.1 Å². The topological polar surface area (TPSA) is 101 Å². The fourth-order valence-electron chi connectivity index (χ4n) is 1.23. The maximum absolute atomic E-state index is 11.7. The van der Waals surface area contributed by atoms with Crippen LogP contribution in [0.2, 0.25) is 0 Å². The molecule has 0 aliphatic rings. The van der Waals surface area contributed by atoms with E-state index in [1.807, 2.05) is 0 Å². The highest BCUT2D eigenvalue weighted by Gasteiger charge is 2.30. The molecular weight excluding hydrogens is 258 g/mol. The van der Waals surface area contributed by atoms with E-state index in [4.69, 9.17) is 5.11 Å². The standard InChI is InChI=1S/C11H13NO5S/c1-8(18(16,17)7-10(13)14)11(15)12-9-5-3-2-4-6-9/h2-6,8H,7H2,1H3,(H,12,15)(H,13,14). The molecule has 98 valence electrons. The molecule has 0 saturated heterocycles. The number of hydrogen-bond donors (Lipinski definition) is 2. The SMILES string of the molecule is CC(C(=O)Nc1ccccc1)S(=O)(=O)CC(=O)O. The van der Waals surface area contributed by atoms with Crippen LogP contribution in [-0.2, 0) is 19.4 Å². The molecule has 0 radical (unpaired) electrons. The van der Waals surface area contributed by atoms with Gasteiger partial charge in [-0.3, -0.25) is 9.59 Å². The second-order valence-corrected chi connectivity index (χ2v) is 6.02. The third kappa shape index (κ3) is 3.85. The van der Waals surface area contributed by atoms with Gasteiger partial charge < -0.3 is 10.4 Å². The maximum Gasteiger partial charge on any atom is 0.318 e. The van der Waals surface area contributed by atoms with Crippen LogP contribution < -0.4 is 5.32 Å². The van der Waals surface area contributed by atoms with Crippen molar-refractivity contribution in [3.8, 4) is 0 Å². The van der Waals surface area contributed by atoms with E-state index in [1.54, 1.807) is 30.3 Å². The molecule has 7 heteroatoms. The van der Waals surface area contributed by atoms with Crippen molar-refractivity contribution in [1.29, 1.82) is 0 Å². The first-order valence-electron chi connectivity index (χ1n) is 5.12. The zero-order valence-electron chi connectivity index (χ0n) is 9.66. The molecular formula is C11H13NO5S. The van der Waals surface area contributed by atoms with E-state index >= 15 is 0 Å². The van der Waals surface area contributed by atoms with Crippen molar-refractivity contribution < 1.29 is 23.1 Å². The lowest BCUT2D eigenvalue weighted by atomic mass is 10.3. The summed E-state index contributed by atoms with van der Waals surface area (Å²) < 4.78 is 23.1. The van der Waals surface area contributed by atoms with Gasteiger partial charge in [0, 0.05) is 5.69 Å². The summed E-state index contributed by atoms with van der Waals surface area (Å²) in [5.41, 5.74) is 0.458. The molecule has 1 unspecified atom stereocenters. The summed E-state index contributed by atoms with van der Waals surface area (Å²) in [6, 6.07) is 8.33. The summed E-state index contributed by atoms with van der Waals surface area (Å²) in [5, 5.41) is 9.46. The molecule has 6 nitrogen and oxygen atoms in total. The number of hydrogen-bond acceptors (Lipinski definition) is 4. The van der Waals surface area contributed by atoms with Crippen LogP contribution in [0.25, 0.3) is 0 Å². The molecule has 1 atom stereocenters. The summed E-state index contributed by atoms with van der Waals surface area (Å²) in [6.45, 7) is 1.16. The summed E-state index contributed by atoms with van der Waals surface area (Å²) in [4.78, 5) is 22.0. The van der Waals surface area contributed by atoms with Crippen LogP contribution >= 0.6 is 0 Å². The number of carboxylic acids is 1. The first-order valence-corrected chi connectivity index (χ1v) is 6.84. The summed E-state index contributed by atoms with van der Waals surface area (Å²) in [7, 11) is -3.99. The van der Waals surface area contributed by atoms with Crippen LogP contribution in [0.3, 0.4) is 0 Å². The monoisotopic (exact) mass is 271 g/mol. The smallest absolute Gasteiger partial charge is 0.318 e. The number of benzene rings is 1. The number of anilines is 1. The molecule has 1 rings (SSSR count). The Morgan fingerprint density at radius 1 is 1.28 bits per heavy atom. The van der Waals surface area contributed by atoms with Gasteiger partial charge in [-0.1, -0.05) is 18.2 Å². The van der Waals surface area contributed by atoms with Crippen molar-refractivity contribution in [1.82, 2.24) is 0 Å². The lowest BCUT2D eigenvalue weighted by Gasteiger charge is -2.11. The zero-order valence-corrected chi connectivity index (χ0v) is 10.5. The number of rotatable bonds is 5. The second-order valence-electron chi connectivity index (χ2n) is 3.70. The molecule has 1 aromatic rings. The van der Waals surface area contributed by atoms with E-state index in [2.05, 4.69) is 5.32 Å². The highest BCUT2D eigenvalue weighted by atomic mass is 32.2. The summed E-state index contributed by atoms with van der Waals surface area (Å²) in [6.07, 6.45) is 0. The maximum atomic E-state index is 11.7. The lowest BCUT2D eigenvalue weighted by molar-refractivity contribution is -0.134. The first-order chi connectivity index (χ1) is 8.33. The van der Waals surface area contributed by atoms with E-state index < -0.39 is 32.7 Å². The van der Waals surface area contributed by atoms with Crippen LogP contribution in [0.15, 0.2) is 30.3 Å². The molecule has 0 spiro atoms. The van der Waals surface area contributed by atoms with Crippen LogP contribution in [0, 0.1) is 0 Å². The van der Waals surface area contributed by atoms with Gasteiger partial charge in [0.25, 0.3) is 0 Å². The Labute approximate surface area is 105 Å². The molecule has 2 N–H and O–H groups in total. The first kappa shape index (κ1) is 14.2. The normalized spacial score (nSPS) is 12.7. The van der Waals surface area contributed by atoms with Crippen molar-refractivity contribution in [2.24, 2.45) is 0 Å². The highest BCUT2D eigenvalue weighted by molar-refractivity contribution is 7.93. The molecule has 18 heavy (non-hydrogen) atoms. The Hall–Kier alpha value is -1.89. The van der Waals surface area contributed by atoms with Gasteiger partial charge in [-0.15, -0.1) is 0 Å². The van der Waals surface area contributed by atoms with E-state index in [0.29, 0.717) is 5.69 Å². The highest BCUT2D eigenvalue weighted by Crippen LogP contribution is 2.09. The Bertz CT molecular complexity index is 538. The van der Waals surface area contributed by atoms with Gasteiger partial charge >= 0.3 is 5.97 Å². The van der Waals surface area contributed by atoms with Gasteiger partial charge in [0.05, 0.1) is 0 Å². The molecule has 0 saturated carbocycles. The van der Waals surface area contributed by atoms with E-state index in [1.165, 1.54) is 0 Å². The third-order valence-corrected chi connectivity index (χ3v) is 4.21. The number of para-hydroxylation sites is 1. The quantitative estimate of drug-likeness (QED) is 0.812. The number of amides is 1. The van der Waals surface area contributed by atoms with E-state index in [9.17, 15) is 18.0 Å². The third-order valence-electron chi connectivity index (χ3n) is 2.27. The predicted octanol–water partition coefficient (Wildman–Crippen LogP) is 0.513. The van der Waals surface area contributed by atoms with Gasteiger partial charge in [0.1, 0.15) is 11.0 Å². The molecule has 0 aromatic heterocycles. The van der Waals surface area contributed by atoms with E-state index in [-0.39, 0.29) is 0 Å². The molecule has 1 amide bonds. The molecule has 0 aliphatic carbocycles. The number of carbonyl (C=O) groups is 2. The van der Waals surface area contributed by atoms with Gasteiger partial charge in [0.2, 0.25) is 5.91 Å². The van der Waals surface area contributed by atoms with E-state index in [0.717, 1.165) is 6.92 Å². The average molecular weight is 271 g/mol. The van der Waals surface area contributed by atoms with Crippen LogP contribution in [-0.4, -0.2) is 36.4 Å². The molecule has 1 aromatic carbocycles. The Kier molecular flexibility index (Phi) is 4.43. The predicted molar refractivity (Wildman–Crippen MR) is 66.0 cm³/mol. The van der Waals surface area contributed by atoms with Crippen molar-refractivity contribution in [3.63, 3.8) is 0 Å². The number of aliphatic carboxylic acids is 1. The summed E-state index contributed by atoms with van der Waals surface area (Å²) >= 11 is 0. The van der Waals surface area contributed by atoms with Crippen LogP contribution in [0.1, 0.15) is 6.92 Å². The van der Waals surface area contributed by atoms with Gasteiger partial charge in [-0.25, -0.2) is 8.42 Å². The Balaban J connectivity index is 2.76. The van der Waals surface area contributed by atoms with Crippen molar-refractivity contribution in [3.05, 3.63) is 30.3 Å².